The molecule has 1 aromatic heterocycles. The first-order valence-corrected chi connectivity index (χ1v) is 12.6. The van der Waals surface area contributed by atoms with Crippen LogP contribution in [0.3, 0.4) is 0 Å². The predicted octanol–water partition coefficient (Wildman–Crippen LogP) is 3.95. The first kappa shape index (κ1) is 26.1. The van der Waals surface area contributed by atoms with Gasteiger partial charge in [0, 0.05) is 45.0 Å². The van der Waals surface area contributed by atoms with Crippen LogP contribution in [0.15, 0.2) is 52.3 Å². The standard InChI is InChI=1S/C25H28Cl2N4O5/c1-3-31-18(15-29-10-12-30(13-11-29)23(32)19-9-6-14-36-19)20(24(33)35-4-2)22(28-25(31)34)16-7-5-8-17(26)21(16)27/h5-9,14,22H,3-4,10-13,15H2,1-2H3,(H,28,34). The van der Waals surface area contributed by atoms with Crippen molar-refractivity contribution in [1.29, 1.82) is 0 Å². The van der Waals surface area contributed by atoms with E-state index in [0.717, 1.165) is 0 Å². The quantitative estimate of drug-likeness (QED) is 0.540. The van der Waals surface area contributed by atoms with Gasteiger partial charge in [0.05, 0.1) is 34.5 Å². The lowest BCUT2D eigenvalue weighted by atomic mass is 9.94. The lowest BCUT2D eigenvalue weighted by Crippen LogP contribution is -2.53. The van der Waals surface area contributed by atoms with Crippen LogP contribution >= 0.6 is 23.2 Å². The van der Waals surface area contributed by atoms with E-state index in [2.05, 4.69) is 10.2 Å². The number of nitrogens with one attached hydrogen (secondary N) is 1. The molecule has 2 aliphatic rings. The molecular weight excluding hydrogens is 507 g/mol. The number of amides is 3. The Kier molecular flexibility index (Phi) is 8.23. The highest BCUT2D eigenvalue weighted by Gasteiger charge is 2.39. The van der Waals surface area contributed by atoms with Crippen LogP contribution in [0.5, 0.6) is 0 Å². The number of esters is 1. The van der Waals surface area contributed by atoms with Gasteiger partial charge in [0.2, 0.25) is 0 Å². The van der Waals surface area contributed by atoms with Crippen molar-refractivity contribution in [2.75, 3.05) is 45.9 Å². The lowest BCUT2D eigenvalue weighted by molar-refractivity contribution is -0.139. The molecule has 2 aliphatic heterocycles. The van der Waals surface area contributed by atoms with Crippen molar-refractivity contribution in [3.63, 3.8) is 0 Å². The molecular formula is C25H28Cl2N4O5. The highest BCUT2D eigenvalue weighted by molar-refractivity contribution is 6.42. The molecule has 4 rings (SSSR count). The molecule has 0 bridgehead atoms. The van der Waals surface area contributed by atoms with Crippen LogP contribution in [0.4, 0.5) is 4.79 Å². The fourth-order valence-corrected chi connectivity index (χ4v) is 4.93. The van der Waals surface area contributed by atoms with E-state index < -0.39 is 12.0 Å². The molecule has 11 heteroatoms. The molecule has 1 saturated heterocycles. The van der Waals surface area contributed by atoms with Gasteiger partial charge in [0.15, 0.2) is 5.76 Å². The molecule has 0 spiro atoms. The van der Waals surface area contributed by atoms with Gasteiger partial charge in [0.25, 0.3) is 5.91 Å². The summed E-state index contributed by atoms with van der Waals surface area (Å²) in [7, 11) is 0. The van der Waals surface area contributed by atoms with Gasteiger partial charge in [0.1, 0.15) is 0 Å². The number of carbonyl (C=O) groups is 3. The molecule has 192 valence electrons. The molecule has 2 aromatic rings. The van der Waals surface area contributed by atoms with Crippen molar-refractivity contribution >= 4 is 41.1 Å². The van der Waals surface area contributed by atoms with Gasteiger partial charge in [-0.25, -0.2) is 9.59 Å². The van der Waals surface area contributed by atoms with Gasteiger partial charge in [-0.1, -0.05) is 35.3 Å². The van der Waals surface area contributed by atoms with E-state index in [9.17, 15) is 14.4 Å². The third kappa shape index (κ3) is 5.23. The molecule has 1 aromatic carbocycles. The fourth-order valence-electron chi connectivity index (χ4n) is 4.51. The Labute approximate surface area is 219 Å². The molecule has 1 unspecified atom stereocenters. The Bertz CT molecular complexity index is 1160. The average molecular weight is 535 g/mol. The van der Waals surface area contributed by atoms with E-state index in [1.54, 1.807) is 47.1 Å². The van der Waals surface area contributed by atoms with E-state index in [1.165, 1.54) is 6.26 Å². The summed E-state index contributed by atoms with van der Waals surface area (Å²) in [5, 5.41) is 3.49. The van der Waals surface area contributed by atoms with Gasteiger partial charge >= 0.3 is 12.0 Å². The molecule has 0 aliphatic carbocycles. The number of nitrogens with zero attached hydrogens (tertiary/aromatic N) is 3. The number of urea groups is 1. The second kappa shape index (κ2) is 11.4. The maximum absolute atomic E-state index is 13.3. The Morgan fingerprint density at radius 2 is 1.86 bits per heavy atom. The summed E-state index contributed by atoms with van der Waals surface area (Å²) in [6, 6.07) is 7.27. The molecule has 36 heavy (non-hydrogen) atoms. The average Bonchev–Trinajstić information content (AvgIpc) is 3.41. The van der Waals surface area contributed by atoms with Gasteiger partial charge in [-0.05, 0) is 37.6 Å². The number of rotatable bonds is 7. The molecule has 0 radical (unpaired) electrons. The fraction of sp³-hybridized carbons (Fsp3) is 0.400. The van der Waals surface area contributed by atoms with E-state index >= 15 is 0 Å². The minimum Gasteiger partial charge on any atom is -0.463 e. The van der Waals surface area contributed by atoms with Crippen LogP contribution < -0.4 is 5.32 Å². The summed E-state index contributed by atoms with van der Waals surface area (Å²) >= 11 is 12.7. The third-order valence-electron chi connectivity index (χ3n) is 6.31. The molecule has 9 nitrogen and oxygen atoms in total. The topological polar surface area (TPSA) is 95.3 Å². The maximum Gasteiger partial charge on any atom is 0.338 e. The molecule has 0 saturated carbocycles. The Morgan fingerprint density at radius 3 is 2.50 bits per heavy atom. The van der Waals surface area contributed by atoms with Crippen molar-refractivity contribution in [3.8, 4) is 0 Å². The van der Waals surface area contributed by atoms with E-state index in [4.69, 9.17) is 32.4 Å². The summed E-state index contributed by atoms with van der Waals surface area (Å²) < 4.78 is 10.6. The highest BCUT2D eigenvalue weighted by Crippen LogP contribution is 2.37. The van der Waals surface area contributed by atoms with Crippen molar-refractivity contribution in [3.05, 3.63) is 69.2 Å². The SMILES string of the molecule is CCOC(=O)C1=C(CN2CCN(C(=O)c3ccco3)CC2)N(CC)C(=O)NC1c1cccc(Cl)c1Cl. The number of halogens is 2. The van der Waals surface area contributed by atoms with Crippen LogP contribution in [0.2, 0.25) is 10.0 Å². The van der Waals surface area contributed by atoms with Crippen LogP contribution in [0.1, 0.15) is 36.0 Å². The second-order valence-electron chi connectivity index (χ2n) is 8.40. The predicted molar refractivity (Wildman–Crippen MR) is 135 cm³/mol. The third-order valence-corrected chi connectivity index (χ3v) is 7.14. The van der Waals surface area contributed by atoms with Crippen molar-refractivity contribution in [2.24, 2.45) is 0 Å². The Morgan fingerprint density at radius 1 is 1.11 bits per heavy atom. The number of likely N-dealkylation sites (N-methyl/N-ethyl adjacent to an activating group) is 1. The number of ether oxygens (including phenoxy) is 1. The molecule has 3 amide bonds. The van der Waals surface area contributed by atoms with E-state index in [-0.39, 0.29) is 23.6 Å². The minimum atomic E-state index is -0.817. The van der Waals surface area contributed by atoms with Gasteiger partial charge in [-0.2, -0.15) is 0 Å². The first-order valence-electron chi connectivity index (χ1n) is 11.8. The smallest absolute Gasteiger partial charge is 0.338 e. The first-order chi connectivity index (χ1) is 17.3. The van der Waals surface area contributed by atoms with Crippen LogP contribution in [-0.2, 0) is 9.53 Å². The van der Waals surface area contributed by atoms with Gasteiger partial charge in [-0.3, -0.25) is 14.6 Å². The number of furan rings is 1. The van der Waals surface area contributed by atoms with Crippen LogP contribution in [0.25, 0.3) is 0 Å². The van der Waals surface area contributed by atoms with Crippen molar-refractivity contribution < 1.29 is 23.5 Å². The summed E-state index contributed by atoms with van der Waals surface area (Å²) in [6.45, 7) is 6.54. The second-order valence-corrected chi connectivity index (χ2v) is 9.18. The number of hydrogen-bond donors (Lipinski definition) is 1. The van der Waals surface area contributed by atoms with Crippen molar-refractivity contribution in [2.45, 2.75) is 19.9 Å². The van der Waals surface area contributed by atoms with Crippen LogP contribution in [0, 0.1) is 0 Å². The monoisotopic (exact) mass is 534 g/mol. The lowest BCUT2D eigenvalue weighted by Gasteiger charge is -2.40. The highest BCUT2D eigenvalue weighted by atomic mass is 35.5. The Hall–Kier alpha value is -3.01. The van der Waals surface area contributed by atoms with Gasteiger partial charge < -0.3 is 19.4 Å². The summed E-state index contributed by atoms with van der Waals surface area (Å²) in [5.74, 6) is -0.384. The van der Waals surface area contributed by atoms with E-state index in [0.29, 0.717) is 66.9 Å². The normalized spacial score (nSPS) is 18.9. The number of carbonyl (C=O) groups excluding carboxylic acids is 3. The molecule has 1 fully saturated rings. The number of hydrogen-bond acceptors (Lipinski definition) is 6. The van der Waals surface area contributed by atoms with E-state index in [1.807, 2.05) is 6.92 Å². The molecule has 3 heterocycles. The maximum atomic E-state index is 13.3. The number of benzene rings is 1. The zero-order chi connectivity index (χ0) is 25.8. The van der Waals surface area contributed by atoms with Gasteiger partial charge in [-0.15, -0.1) is 0 Å². The summed E-state index contributed by atoms with van der Waals surface area (Å²) in [4.78, 5) is 44.4. The minimum absolute atomic E-state index is 0.158. The zero-order valence-corrected chi connectivity index (χ0v) is 21.6. The van der Waals surface area contributed by atoms with Crippen LogP contribution in [-0.4, -0.2) is 78.5 Å². The summed E-state index contributed by atoms with van der Waals surface area (Å²) in [5.41, 5.74) is 1.38. The Balaban J connectivity index is 1.64. The summed E-state index contributed by atoms with van der Waals surface area (Å²) in [6.07, 6.45) is 1.48. The molecule has 1 atom stereocenters. The molecule has 1 N–H and O–H groups in total. The largest absolute Gasteiger partial charge is 0.463 e. The number of piperazine rings is 1. The van der Waals surface area contributed by atoms with Crippen molar-refractivity contribution in [1.82, 2.24) is 20.0 Å². The zero-order valence-electron chi connectivity index (χ0n) is 20.1.